The highest BCUT2D eigenvalue weighted by molar-refractivity contribution is 5.90. The Balaban J connectivity index is 0.000000454. The Kier molecular flexibility index (Phi) is 8.81. The number of carbonyl (C=O) groups is 1. The number of rotatable bonds is 6. The minimum absolute atomic E-state index is 0.318. The molecule has 0 spiro atoms. The second-order valence-corrected chi connectivity index (χ2v) is 8.19. The van der Waals surface area contributed by atoms with Gasteiger partial charge in [-0.25, -0.2) is 9.59 Å². The third kappa shape index (κ3) is 7.38. The van der Waals surface area contributed by atoms with E-state index in [4.69, 9.17) is 23.8 Å². The van der Waals surface area contributed by atoms with Crippen LogP contribution in [-0.2, 0) is 11.3 Å². The van der Waals surface area contributed by atoms with Crippen LogP contribution in [0.1, 0.15) is 18.4 Å². The van der Waals surface area contributed by atoms with Crippen molar-refractivity contribution in [3.8, 4) is 11.5 Å². The van der Waals surface area contributed by atoms with Crippen molar-refractivity contribution in [2.45, 2.75) is 31.6 Å². The summed E-state index contributed by atoms with van der Waals surface area (Å²) in [7, 11) is 3.31. The lowest BCUT2D eigenvalue weighted by atomic mass is 10.0. The lowest BCUT2D eigenvalue weighted by Gasteiger charge is -2.33. The minimum atomic E-state index is -5.08. The second kappa shape index (κ2) is 11.8. The summed E-state index contributed by atoms with van der Waals surface area (Å²) < 4.78 is 47.6. The summed E-state index contributed by atoms with van der Waals surface area (Å²) in [6.45, 7) is 2.95. The van der Waals surface area contributed by atoms with Crippen molar-refractivity contribution in [2.75, 3.05) is 32.6 Å². The molecule has 1 aromatic heterocycles. The number of likely N-dealkylation sites (tertiary alicyclic amines) is 1. The van der Waals surface area contributed by atoms with Gasteiger partial charge in [0.25, 0.3) is 0 Å². The number of anilines is 1. The highest BCUT2D eigenvalue weighted by Gasteiger charge is 2.38. The van der Waals surface area contributed by atoms with E-state index >= 15 is 0 Å². The first-order valence-corrected chi connectivity index (χ1v) is 11.1. The largest absolute Gasteiger partial charge is 0.497 e. The number of ether oxygens (including phenoxy) is 2. The van der Waals surface area contributed by atoms with Gasteiger partial charge >= 0.3 is 17.8 Å². The zero-order chi connectivity index (χ0) is 26.3. The SMILES string of the molecule is COc1ccc(CN2CCC(Nc3cc(=O)oc4ccc(OC)cc34)CC2)cc1.O=C(O)C(F)(F)F. The van der Waals surface area contributed by atoms with E-state index in [1.54, 1.807) is 26.4 Å². The Morgan fingerprint density at radius 2 is 1.64 bits per heavy atom. The first-order valence-electron chi connectivity index (χ1n) is 11.1. The van der Waals surface area contributed by atoms with Gasteiger partial charge in [-0.2, -0.15) is 13.2 Å². The summed E-state index contributed by atoms with van der Waals surface area (Å²) in [5.41, 5.74) is 2.32. The molecular formula is C25H27F3N2O6. The van der Waals surface area contributed by atoms with Crippen LogP contribution in [-0.4, -0.2) is 55.5 Å². The highest BCUT2D eigenvalue weighted by atomic mass is 19.4. The molecule has 2 heterocycles. The number of piperidine rings is 1. The molecule has 0 amide bonds. The Bertz CT molecular complexity index is 1220. The van der Waals surface area contributed by atoms with Gasteiger partial charge in [0.1, 0.15) is 17.1 Å². The Morgan fingerprint density at radius 1 is 1.06 bits per heavy atom. The molecule has 0 saturated carbocycles. The predicted octanol–water partition coefficient (Wildman–Crippen LogP) is 4.52. The molecule has 3 aromatic rings. The summed E-state index contributed by atoms with van der Waals surface area (Å²) in [5, 5.41) is 11.5. The van der Waals surface area contributed by atoms with Crippen molar-refractivity contribution in [3.63, 3.8) is 0 Å². The van der Waals surface area contributed by atoms with E-state index < -0.39 is 12.1 Å². The van der Waals surface area contributed by atoms with E-state index in [0.717, 1.165) is 55.0 Å². The Morgan fingerprint density at radius 3 is 2.19 bits per heavy atom. The molecule has 4 rings (SSSR count). The zero-order valence-corrected chi connectivity index (χ0v) is 19.8. The second-order valence-electron chi connectivity index (χ2n) is 8.19. The molecule has 0 bridgehead atoms. The number of hydrogen-bond acceptors (Lipinski definition) is 7. The number of nitrogens with zero attached hydrogens (tertiary/aromatic N) is 1. The quantitative estimate of drug-likeness (QED) is 0.469. The maximum absolute atomic E-state index is 11.9. The molecule has 2 N–H and O–H groups in total. The molecule has 8 nitrogen and oxygen atoms in total. The fourth-order valence-corrected chi connectivity index (χ4v) is 3.83. The summed E-state index contributed by atoms with van der Waals surface area (Å²) in [5.74, 6) is -1.14. The van der Waals surface area contributed by atoms with Crippen LogP contribution in [0.4, 0.5) is 18.9 Å². The third-order valence-electron chi connectivity index (χ3n) is 5.70. The van der Waals surface area contributed by atoms with Crippen LogP contribution in [0, 0.1) is 0 Å². The van der Waals surface area contributed by atoms with Crippen molar-refractivity contribution in [3.05, 3.63) is 64.5 Å². The van der Waals surface area contributed by atoms with Gasteiger partial charge < -0.3 is 24.3 Å². The van der Waals surface area contributed by atoms with Crippen molar-refractivity contribution in [2.24, 2.45) is 0 Å². The van der Waals surface area contributed by atoms with Gasteiger partial charge in [0.2, 0.25) is 0 Å². The molecule has 194 valence electrons. The van der Waals surface area contributed by atoms with Crippen molar-refractivity contribution >= 4 is 22.6 Å². The van der Waals surface area contributed by atoms with Crippen molar-refractivity contribution < 1.29 is 37.0 Å². The molecule has 0 atom stereocenters. The van der Waals surface area contributed by atoms with E-state index in [2.05, 4.69) is 22.3 Å². The number of benzene rings is 2. The summed E-state index contributed by atoms with van der Waals surface area (Å²) in [6.07, 6.45) is -3.05. The summed E-state index contributed by atoms with van der Waals surface area (Å²) >= 11 is 0. The maximum Gasteiger partial charge on any atom is 0.490 e. The monoisotopic (exact) mass is 508 g/mol. The number of methoxy groups -OCH3 is 2. The van der Waals surface area contributed by atoms with Crippen LogP contribution in [0.2, 0.25) is 0 Å². The molecule has 0 unspecified atom stereocenters. The van der Waals surface area contributed by atoms with Crippen LogP contribution in [0.5, 0.6) is 11.5 Å². The van der Waals surface area contributed by atoms with Gasteiger partial charge in [-0.15, -0.1) is 0 Å². The first kappa shape index (κ1) is 26.9. The molecule has 36 heavy (non-hydrogen) atoms. The van der Waals surface area contributed by atoms with Gasteiger partial charge in [0, 0.05) is 37.1 Å². The standard InChI is InChI=1S/C23H26N2O4.C2HF3O2/c1-27-18-5-3-16(4-6-18)15-25-11-9-17(10-12-25)24-21-14-23(26)29-22-8-7-19(28-2)13-20(21)22;3-2(4,5)1(6)7/h3-8,13-14,17,24H,9-12,15H2,1-2H3;(H,6,7). The molecule has 11 heteroatoms. The van der Waals surface area contributed by atoms with Crippen LogP contribution >= 0.6 is 0 Å². The van der Waals surface area contributed by atoms with Gasteiger partial charge in [0.05, 0.1) is 19.9 Å². The molecule has 1 saturated heterocycles. The zero-order valence-electron chi connectivity index (χ0n) is 19.8. The van der Waals surface area contributed by atoms with Crippen molar-refractivity contribution in [1.82, 2.24) is 4.90 Å². The minimum Gasteiger partial charge on any atom is -0.497 e. The van der Waals surface area contributed by atoms with Crippen LogP contribution in [0.15, 0.2) is 57.7 Å². The number of carboxylic acid groups (broad SMARTS) is 1. The Labute approximate surface area is 205 Å². The highest BCUT2D eigenvalue weighted by Crippen LogP contribution is 2.28. The number of halogens is 3. The summed E-state index contributed by atoms with van der Waals surface area (Å²) in [4.78, 5) is 23.3. The topological polar surface area (TPSA) is 101 Å². The number of alkyl halides is 3. The lowest BCUT2D eigenvalue weighted by molar-refractivity contribution is -0.192. The van der Waals surface area contributed by atoms with E-state index in [9.17, 15) is 18.0 Å². The smallest absolute Gasteiger partial charge is 0.490 e. The average Bonchev–Trinajstić information content (AvgIpc) is 2.85. The predicted molar refractivity (Wildman–Crippen MR) is 128 cm³/mol. The Hall–Kier alpha value is -3.73. The fraction of sp³-hybridized carbons (Fsp3) is 0.360. The van der Waals surface area contributed by atoms with E-state index in [0.29, 0.717) is 11.6 Å². The number of fused-ring (bicyclic) bond motifs is 1. The van der Waals surface area contributed by atoms with Crippen molar-refractivity contribution in [1.29, 1.82) is 0 Å². The lowest BCUT2D eigenvalue weighted by Crippen LogP contribution is -2.38. The fourth-order valence-electron chi connectivity index (χ4n) is 3.83. The van der Waals surface area contributed by atoms with Crippen LogP contribution < -0.4 is 20.4 Å². The van der Waals surface area contributed by atoms with E-state index in [1.807, 2.05) is 18.2 Å². The molecule has 1 fully saturated rings. The van der Waals surface area contributed by atoms with Gasteiger partial charge in [-0.1, -0.05) is 12.1 Å². The first-order chi connectivity index (χ1) is 17.1. The number of hydrogen-bond donors (Lipinski definition) is 2. The third-order valence-corrected chi connectivity index (χ3v) is 5.70. The normalized spacial score (nSPS) is 14.6. The van der Waals surface area contributed by atoms with Gasteiger partial charge in [0.15, 0.2) is 0 Å². The number of nitrogens with one attached hydrogen (secondary N) is 1. The van der Waals surface area contributed by atoms with E-state index in [-0.39, 0.29) is 5.63 Å². The average molecular weight is 508 g/mol. The molecule has 1 aliphatic heterocycles. The molecule has 1 aliphatic rings. The van der Waals surface area contributed by atoms with Crippen LogP contribution in [0.3, 0.4) is 0 Å². The van der Waals surface area contributed by atoms with E-state index in [1.165, 1.54) is 11.6 Å². The summed E-state index contributed by atoms with van der Waals surface area (Å²) in [6, 6.07) is 15.6. The molecular weight excluding hydrogens is 481 g/mol. The maximum atomic E-state index is 11.9. The van der Waals surface area contributed by atoms with Gasteiger partial charge in [-0.3, -0.25) is 4.90 Å². The van der Waals surface area contributed by atoms with Crippen LogP contribution in [0.25, 0.3) is 11.0 Å². The number of aliphatic carboxylic acids is 1. The van der Waals surface area contributed by atoms with Gasteiger partial charge in [-0.05, 0) is 48.7 Å². The molecule has 0 aliphatic carbocycles. The number of carboxylic acids is 1. The molecule has 0 radical (unpaired) electrons. The molecule has 2 aromatic carbocycles.